The van der Waals surface area contributed by atoms with Gasteiger partial charge >= 0.3 is 0 Å². The van der Waals surface area contributed by atoms with Crippen LogP contribution in [0.4, 0.5) is 0 Å². The third-order valence-electron chi connectivity index (χ3n) is 4.94. The van der Waals surface area contributed by atoms with Crippen LogP contribution in [0.5, 0.6) is 23.0 Å². The lowest BCUT2D eigenvalue weighted by Crippen LogP contribution is -2.60. The summed E-state index contributed by atoms with van der Waals surface area (Å²) in [6, 6.07) is 4.27. The molecule has 1 aromatic heterocycles. The Labute approximate surface area is 167 Å². The quantitative estimate of drug-likeness (QED) is 0.207. The molecule has 0 radical (unpaired) electrons. The van der Waals surface area contributed by atoms with Crippen LogP contribution in [0.2, 0.25) is 0 Å². The largest absolute Gasteiger partial charge is 0.504 e. The monoisotopic (exact) mass is 422 g/mol. The molecule has 7 N–H and O–H groups in total. The van der Waals surface area contributed by atoms with Gasteiger partial charge in [0.2, 0.25) is 11.7 Å². The van der Waals surface area contributed by atoms with Gasteiger partial charge in [-0.1, -0.05) is 0 Å². The van der Waals surface area contributed by atoms with Crippen LogP contribution in [0.25, 0.3) is 21.9 Å². The summed E-state index contributed by atoms with van der Waals surface area (Å²) >= 11 is 0. The molecule has 0 aliphatic carbocycles. The Bertz CT molecular complexity index is 1170. The van der Waals surface area contributed by atoms with Crippen molar-refractivity contribution in [3.8, 4) is 23.0 Å². The van der Waals surface area contributed by atoms with E-state index in [0.29, 0.717) is 0 Å². The molecule has 1 aliphatic rings. The van der Waals surface area contributed by atoms with Gasteiger partial charge < -0.3 is 49.6 Å². The van der Waals surface area contributed by atoms with Gasteiger partial charge in [0, 0.05) is 12.1 Å². The number of ether oxygens (including phenoxy) is 2. The van der Waals surface area contributed by atoms with Crippen LogP contribution in [0.1, 0.15) is 0 Å². The summed E-state index contributed by atoms with van der Waals surface area (Å²) in [5.41, 5.74) is -0.666. The minimum atomic E-state index is -1.72. The molecular formula is C19H18O11. The summed E-state index contributed by atoms with van der Waals surface area (Å²) in [5.74, 6) is -1.81. The van der Waals surface area contributed by atoms with Crippen molar-refractivity contribution in [3.63, 3.8) is 0 Å². The summed E-state index contributed by atoms with van der Waals surface area (Å²) < 4.78 is 16.1. The van der Waals surface area contributed by atoms with Crippen molar-refractivity contribution in [1.29, 1.82) is 0 Å². The number of phenolic OH excluding ortho intramolecular Hbond substituents is 3. The zero-order valence-electron chi connectivity index (χ0n) is 15.2. The van der Waals surface area contributed by atoms with Crippen LogP contribution >= 0.6 is 0 Å². The lowest BCUT2D eigenvalue weighted by molar-refractivity contribution is -0.277. The van der Waals surface area contributed by atoms with E-state index in [2.05, 4.69) is 0 Å². The van der Waals surface area contributed by atoms with Gasteiger partial charge in [0.05, 0.1) is 17.4 Å². The molecule has 0 unspecified atom stereocenters. The van der Waals surface area contributed by atoms with Crippen molar-refractivity contribution in [1.82, 2.24) is 0 Å². The van der Waals surface area contributed by atoms with Crippen molar-refractivity contribution in [2.24, 2.45) is 0 Å². The molecule has 3 aromatic rings. The lowest BCUT2D eigenvalue weighted by atomic mass is 9.99. The predicted octanol–water partition coefficient (Wildman–Crippen LogP) is -0.758. The van der Waals surface area contributed by atoms with Gasteiger partial charge in [0.15, 0.2) is 23.0 Å². The highest BCUT2D eigenvalue weighted by molar-refractivity contribution is 5.92. The Morgan fingerprint density at radius 1 is 0.833 bits per heavy atom. The first-order chi connectivity index (χ1) is 14.2. The fourth-order valence-electron chi connectivity index (χ4n) is 3.28. The second-order valence-electron chi connectivity index (χ2n) is 6.90. The fraction of sp³-hybridized carbons (Fsp3) is 0.316. The molecule has 4 rings (SSSR count). The summed E-state index contributed by atoms with van der Waals surface area (Å²) in [7, 11) is 0. The van der Waals surface area contributed by atoms with Crippen LogP contribution < -0.4 is 10.2 Å². The van der Waals surface area contributed by atoms with E-state index in [1.807, 2.05) is 0 Å². The molecule has 1 fully saturated rings. The van der Waals surface area contributed by atoms with Crippen molar-refractivity contribution in [2.75, 3.05) is 6.61 Å². The number of hydrogen-bond donors (Lipinski definition) is 7. The summed E-state index contributed by atoms with van der Waals surface area (Å²) in [4.78, 5) is 12.8. The van der Waals surface area contributed by atoms with Gasteiger partial charge in [0.25, 0.3) is 0 Å². The Balaban J connectivity index is 1.77. The second kappa shape index (κ2) is 7.31. The fourth-order valence-corrected chi connectivity index (χ4v) is 3.28. The molecule has 1 saturated heterocycles. The van der Waals surface area contributed by atoms with Crippen LogP contribution in [-0.2, 0) is 4.74 Å². The minimum absolute atomic E-state index is 0.0233. The number of aliphatic hydroxyl groups excluding tert-OH is 4. The molecule has 11 heteroatoms. The highest BCUT2D eigenvalue weighted by atomic mass is 16.7. The van der Waals surface area contributed by atoms with E-state index in [-0.39, 0.29) is 27.7 Å². The van der Waals surface area contributed by atoms with Gasteiger partial charge in [-0.15, -0.1) is 0 Å². The number of fused-ring (bicyclic) bond motifs is 2. The van der Waals surface area contributed by atoms with Crippen LogP contribution in [0.3, 0.4) is 0 Å². The zero-order valence-corrected chi connectivity index (χ0v) is 15.2. The number of aromatic hydroxyl groups is 3. The van der Waals surface area contributed by atoms with E-state index >= 15 is 0 Å². The molecule has 11 nitrogen and oxygen atoms in total. The van der Waals surface area contributed by atoms with Crippen LogP contribution in [0.15, 0.2) is 33.5 Å². The van der Waals surface area contributed by atoms with Gasteiger partial charge in [-0.25, -0.2) is 0 Å². The smallest absolute Gasteiger partial charge is 0.229 e. The maximum absolute atomic E-state index is 12.8. The highest BCUT2D eigenvalue weighted by Crippen LogP contribution is 2.36. The molecule has 0 bridgehead atoms. The van der Waals surface area contributed by atoms with E-state index < -0.39 is 60.0 Å². The zero-order chi connectivity index (χ0) is 21.7. The normalized spacial score (nSPS) is 26.9. The molecule has 5 atom stereocenters. The molecule has 1 aliphatic heterocycles. The maximum Gasteiger partial charge on any atom is 0.229 e. The van der Waals surface area contributed by atoms with Crippen molar-refractivity contribution < 1.29 is 49.6 Å². The van der Waals surface area contributed by atoms with E-state index in [4.69, 9.17) is 13.9 Å². The van der Waals surface area contributed by atoms with Crippen molar-refractivity contribution in [3.05, 3.63) is 34.5 Å². The van der Waals surface area contributed by atoms with Gasteiger partial charge in [0.1, 0.15) is 35.6 Å². The van der Waals surface area contributed by atoms with Crippen LogP contribution in [-0.4, -0.2) is 73.1 Å². The standard InChI is InChI=1S/C19H18O11/c20-5-14-16(25)17(26)18(27)19(30-14)29-13-2-7-12(4-10(13)23)28-11-3-9(22)8(21)1-6(11)15(7)24/h1-4,14,16-23,25-27H,5H2/t14-,16-,17+,18-,19-/m0/s1. The average molecular weight is 422 g/mol. The Kier molecular flexibility index (Phi) is 4.92. The topological polar surface area (TPSA) is 190 Å². The van der Waals surface area contributed by atoms with Gasteiger partial charge in [-0.05, 0) is 12.1 Å². The third-order valence-corrected chi connectivity index (χ3v) is 4.94. The minimum Gasteiger partial charge on any atom is -0.504 e. The van der Waals surface area contributed by atoms with E-state index in [1.54, 1.807) is 0 Å². The number of benzene rings is 2. The molecule has 30 heavy (non-hydrogen) atoms. The molecule has 2 aromatic carbocycles. The van der Waals surface area contributed by atoms with Crippen LogP contribution in [0, 0.1) is 0 Å². The highest BCUT2D eigenvalue weighted by Gasteiger charge is 2.45. The maximum atomic E-state index is 12.8. The Hall–Kier alpha value is -3.09. The average Bonchev–Trinajstić information content (AvgIpc) is 2.71. The predicted molar refractivity (Wildman–Crippen MR) is 99.4 cm³/mol. The van der Waals surface area contributed by atoms with Crippen molar-refractivity contribution in [2.45, 2.75) is 30.7 Å². The number of rotatable bonds is 3. The Morgan fingerprint density at radius 2 is 1.43 bits per heavy atom. The SMILES string of the molecule is O=c1c2cc(O)c(O)cc2oc2cc(O)c(O[C@H]3O[C@@H](CO)[C@H](O)[C@@H](O)[C@@H]3O)cc12. The first-order valence-corrected chi connectivity index (χ1v) is 8.84. The van der Waals surface area contributed by atoms with Crippen molar-refractivity contribution >= 4 is 21.9 Å². The third kappa shape index (κ3) is 3.18. The van der Waals surface area contributed by atoms with Gasteiger partial charge in [-0.3, -0.25) is 4.79 Å². The number of hydrogen-bond acceptors (Lipinski definition) is 11. The molecule has 0 saturated carbocycles. The number of phenols is 3. The first-order valence-electron chi connectivity index (χ1n) is 8.84. The summed E-state index contributed by atoms with van der Waals surface area (Å²) in [6.45, 7) is -0.666. The van der Waals surface area contributed by atoms with E-state index in [1.165, 1.54) is 0 Å². The van der Waals surface area contributed by atoms with Gasteiger partial charge in [-0.2, -0.15) is 0 Å². The van der Waals surface area contributed by atoms with E-state index in [0.717, 1.165) is 24.3 Å². The molecule has 160 valence electrons. The molecular weight excluding hydrogens is 404 g/mol. The Morgan fingerprint density at radius 3 is 2.10 bits per heavy atom. The summed E-state index contributed by atoms with van der Waals surface area (Å²) in [5, 5.41) is 68.4. The lowest BCUT2D eigenvalue weighted by Gasteiger charge is -2.39. The van der Waals surface area contributed by atoms with E-state index in [9.17, 15) is 40.5 Å². The summed E-state index contributed by atoms with van der Waals surface area (Å²) in [6.07, 6.45) is -7.78. The number of aliphatic hydroxyl groups is 4. The molecule has 2 heterocycles. The molecule has 0 spiro atoms. The second-order valence-corrected chi connectivity index (χ2v) is 6.90. The molecule has 0 amide bonds. The first kappa shape index (κ1) is 20.2.